The lowest BCUT2D eigenvalue weighted by molar-refractivity contribution is -0.901. The number of nitrogens with one attached hydrogen (secondary N) is 3. The van der Waals surface area contributed by atoms with Crippen LogP contribution in [0.3, 0.4) is 0 Å². The fraction of sp³-hybridized carbons (Fsp3) is 0.550. The minimum absolute atomic E-state index is 0.0411. The van der Waals surface area contributed by atoms with E-state index in [9.17, 15) is 9.59 Å². The molecule has 2 fully saturated rings. The first-order valence-corrected chi connectivity index (χ1v) is 11.3. The van der Waals surface area contributed by atoms with Crippen LogP contribution in [0.1, 0.15) is 31.2 Å². The molecular formula is C20H28N5O3S+. The van der Waals surface area contributed by atoms with E-state index < -0.39 is 0 Å². The Hall–Kier alpha value is -2.10. The number of benzene rings is 1. The number of hydrogen-bond acceptors (Lipinski definition) is 5. The summed E-state index contributed by atoms with van der Waals surface area (Å²) in [6.07, 6.45) is 4.63. The van der Waals surface area contributed by atoms with Crippen LogP contribution < -0.4 is 15.9 Å². The number of H-pyrrole nitrogens is 1. The van der Waals surface area contributed by atoms with Gasteiger partial charge in [0.1, 0.15) is 6.54 Å². The molecule has 0 saturated carbocycles. The molecule has 1 atom stereocenters. The number of aromatic amines is 1. The second kappa shape index (κ2) is 9.60. The molecule has 29 heavy (non-hydrogen) atoms. The second-order valence-electron chi connectivity index (χ2n) is 7.72. The molecule has 2 aromatic rings. The molecule has 1 aromatic heterocycles. The summed E-state index contributed by atoms with van der Waals surface area (Å²) in [7, 11) is 0. The molecule has 156 valence electrons. The van der Waals surface area contributed by atoms with Crippen LogP contribution in [0.5, 0.6) is 0 Å². The molecule has 8 nitrogen and oxygen atoms in total. The van der Waals surface area contributed by atoms with Gasteiger partial charge >= 0.3 is 5.69 Å². The van der Waals surface area contributed by atoms with Crippen molar-refractivity contribution < 1.29 is 14.4 Å². The van der Waals surface area contributed by atoms with Crippen molar-refractivity contribution >= 4 is 23.4 Å². The number of carbonyl (C=O) groups is 1. The van der Waals surface area contributed by atoms with Crippen molar-refractivity contribution in [3.8, 4) is 0 Å². The molecule has 2 aliphatic heterocycles. The minimum Gasteiger partial charge on any atom is -0.376 e. The standard InChI is InChI=1S/C20H27N5O3S/c26-18(21-16-7-5-15(6-8-16)12-24-9-1-2-10-24)14-29-20-23-22-19(27)25(20)13-17-4-3-11-28-17/h5-8,17H,1-4,9-14H2,(H,21,26)(H,22,27)/p+1/t17-/m1/s1. The zero-order chi connectivity index (χ0) is 20.1. The van der Waals surface area contributed by atoms with E-state index in [1.807, 2.05) is 12.1 Å². The molecule has 1 amide bonds. The van der Waals surface area contributed by atoms with Crippen molar-refractivity contribution in [1.29, 1.82) is 0 Å². The van der Waals surface area contributed by atoms with E-state index in [-0.39, 0.29) is 23.5 Å². The number of carbonyl (C=O) groups excluding carboxylic acids is 1. The maximum Gasteiger partial charge on any atom is 0.344 e. The summed E-state index contributed by atoms with van der Waals surface area (Å²) in [5.74, 6) is 0.0715. The van der Waals surface area contributed by atoms with Crippen LogP contribution in [-0.2, 0) is 22.6 Å². The molecule has 2 aliphatic rings. The summed E-state index contributed by atoms with van der Waals surface area (Å²) in [6.45, 7) is 4.76. The largest absolute Gasteiger partial charge is 0.376 e. The number of hydrogen-bond donors (Lipinski definition) is 3. The molecule has 3 N–H and O–H groups in total. The van der Waals surface area contributed by atoms with Crippen molar-refractivity contribution in [1.82, 2.24) is 14.8 Å². The molecule has 0 radical (unpaired) electrons. The van der Waals surface area contributed by atoms with Gasteiger partial charge in [0.2, 0.25) is 5.91 Å². The summed E-state index contributed by atoms with van der Waals surface area (Å²) in [6, 6.07) is 8.08. The Bertz CT molecular complexity index is 867. The molecule has 9 heteroatoms. The van der Waals surface area contributed by atoms with Crippen LogP contribution >= 0.6 is 11.8 Å². The van der Waals surface area contributed by atoms with Crippen molar-refractivity contribution in [2.75, 3.05) is 30.8 Å². The zero-order valence-corrected chi connectivity index (χ0v) is 17.3. The third kappa shape index (κ3) is 5.49. The number of quaternary nitrogens is 1. The molecule has 3 heterocycles. The maximum atomic E-state index is 12.3. The van der Waals surface area contributed by atoms with Gasteiger partial charge in [-0.1, -0.05) is 23.9 Å². The third-order valence-electron chi connectivity index (χ3n) is 5.47. The zero-order valence-electron chi connectivity index (χ0n) is 16.5. The number of amides is 1. The highest BCUT2D eigenvalue weighted by molar-refractivity contribution is 7.99. The van der Waals surface area contributed by atoms with Gasteiger partial charge in [-0.15, -0.1) is 5.10 Å². The van der Waals surface area contributed by atoms with Crippen molar-refractivity contribution in [3.63, 3.8) is 0 Å². The number of aromatic nitrogens is 3. The van der Waals surface area contributed by atoms with Gasteiger partial charge in [-0.25, -0.2) is 9.89 Å². The second-order valence-corrected chi connectivity index (χ2v) is 8.67. The Morgan fingerprint density at radius 3 is 2.79 bits per heavy atom. The van der Waals surface area contributed by atoms with Gasteiger partial charge < -0.3 is 15.0 Å². The van der Waals surface area contributed by atoms with Gasteiger partial charge in [0.05, 0.1) is 31.5 Å². The smallest absolute Gasteiger partial charge is 0.344 e. The van der Waals surface area contributed by atoms with Gasteiger partial charge in [0.15, 0.2) is 5.16 Å². The van der Waals surface area contributed by atoms with Crippen LogP contribution in [0.4, 0.5) is 5.69 Å². The van der Waals surface area contributed by atoms with E-state index in [0.29, 0.717) is 11.7 Å². The van der Waals surface area contributed by atoms with Gasteiger partial charge in [-0.2, -0.15) is 0 Å². The van der Waals surface area contributed by atoms with Crippen LogP contribution in [-0.4, -0.2) is 52.2 Å². The van der Waals surface area contributed by atoms with Gasteiger partial charge in [0, 0.05) is 30.7 Å². The van der Waals surface area contributed by atoms with Gasteiger partial charge in [-0.05, 0) is 25.0 Å². The summed E-state index contributed by atoms with van der Waals surface area (Å²) >= 11 is 1.25. The maximum absolute atomic E-state index is 12.3. The van der Waals surface area contributed by atoms with E-state index >= 15 is 0 Å². The van der Waals surface area contributed by atoms with E-state index in [1.54, 1.807) is 9.47 Å². The van der Waals surface area contributed by atoms with Gasteiger partial charge in [0.25, 0.3) is 0 Å². The van der Waals surface area contributed by atoms with Crippen molar-refractivity contribution in [2.45, 2.75) is 50.0 Å². The fourth-order valence-electron chi connectivity index (χ4n) is 3.94. The van der Waals surface area contributed by atoms with Crippen LogP contribution in [0.15, 0.2) is 34.2 Å². The summed E-state index contributed by atoms with van der Waals surface area (Å²) in [5, 5.41) is 9.95. The fourth-order valence-corrected chi connectivity index (χ4v) is 4.70. The van der Waals surface area contributed by atoms with Gasteiger partial charge in [-0.3, -0.25) is 9.36 Å². The SMILES string of the molecule is O=C(CSc1n[nH]c(=O)n1C[C@H]1CCCO1)Nc1ccc(C[NH+]2CCCC2)cc1. The van der Waals surface area contributed by atoms with E-state index in [1.165, 1.54) is 43.3 Å². The lowest BCUT2D eigenvalue weighted by Gasteiger charge is -2.12. The number of likely N-dealkylation sites (tertiary alicyclic amines) is 1. The number of anilines is 1. The van der Waals surface area contributed by atoms with E-state index in [0.717, 1.165) is 31.7 Å². The molecule has 4 rings (SSSR count). The monoisotopic (exact) mass is 418 g/mol. The molecule has 0 spiro atoms. The Labute approximate surface area is 174 Å². The Morgan fingerprint density at radius 1 is 1.28 bits per heavy atom. The Kier molecular flexibility index (Phi) is 6.68. The quantitative estimate of drug-likeness (QED) is 0.548. The normalized spacial score (nSPS) is 19.7. The third-order valence-corrected chi connectivity index (χ3v) is 6.44. The van der Waals surface area contributed by atoms with Crippen LogP contribution in [0.2, 0.25) is 0 Å². The highest BCUT2D eigenvalue weighted by Gasteiger charge is 2.20. The molecule has 0 bridgehead atoms. The highest BCUT2D eigenvalue weighted by atomic mass is 32.2. The predicted octanol–water partition coefficient (Wildman–Crippen LogP) is 0.660. The molecule has 1 aromatic carbocycles. The predicted molar refractivity (Wildman–Crippen MR) is 111 cm³/mol. The average molecular weight is 419 g/mol. The topological polar surface area (TPSA) is 93.5 Å². The molecule has 2 saturated heterocycles. The van der Waals surface area contributed by atoms with Crippen LogP contribution in [0, 0.1) is 0 Å². The number of ether oxygens (including phenoxy) is 1. The minimum atomic E-state index is -0.265. The number of rotatable bonds is 8. The highest BCUT2D eigenvalue weighted by Crippen LogP contribution is 2.18. The lowest BCUT2D eigenvalue weighted by Crippen LogP contribution is -3.08. The first-order chi connectivity index (χ1) is 14.2. The summed E-state index contributed by atoms with van der Waals surface area (Å²) in [4.78, 5) is 25.9. The first-order valence-electron chi connectivity index (χ1n) is 10.3. The van der Waals surface area contributed by atoms with Crippen molar-refractivity contribution in [3.05, 3.63) is 40.3 Å². The average Bonchev–Trinajstić information content (AvgIpc) is 3.47. The summed E-state index contributed by atoms with van der Waals surface area (Å²) < 4.78 is 7.16. The van der Waals surface area contributed by atoms with Crippen LogP contribution in [0.25, 0.3) is 0 Å². The van der Waals surface area contributed by atoms with E-state index in [4.69, 9.17) is 4.74 Å². The van der Waals surface area contributed by atoms with E-state index in [2.05, 4.69) is 27.6 Å². The molecular weight excluding hydrogens is 390 g/mol. The summed E-state index contributed by atoms with van der Waals surface area (Å²) in [5.41, 5.74) is 1.82. The Morgan fingerprint density at radius 2 is 2.07 bits per heavy atom. The number of nitrogens with zero attached hydrogens (tertiary/aromatic N) is 2. The first kappa shape index (κ1) is 20.2. The molecule has 0 aliphatic carbocycles. The van der Waals surface area contributed by atoms with Crippen molar-refractivity contribution in [2.24, 2.45) is 0 Å². The Balaban J connectivity index is 1.27. The lowest BCUT2D eigenvalue weighted by atomic mass is 10.2. The molecule has 0 unspecified atom stereocenters. The number of thioether (sulfide) groups is 1.